The summed E-state index contributed by atoms with van der Waals surface area (Å²) in [5.41, 5.74) is 0.515. The summed E-state index contributed by atoms with van der Waals surface area (Å²) in [7, 11) is 0. The Labute approximate surface area is 165 Å². The average molecular weight is 400 g/mol. The Morgan fingerprint density at radius 1 is 1.27 bits per heavy atom. The van der Waals surface area contributed by atoms with Gasteiger partial charge in [0.1, 0.15) is 0 Å². The number of rotatable bonds is 7. The molecule has 1 aromatic carbocycles. The summed E-state index contributed by atoms with van der Waals surface area (Å²) in [6.45, 7) is 6.17. The highest BCUT2D eigenvalue weighted by Gasteiger charge is 2.29. The first-order valence-corrected chi connectivity index (χ1v) is 9.96. The average Bonchev–Trinajstić information content (AvgIpc) is 2.65. The number of piperidine rings is 1. The lowest BCUT2D eigenvalue weighted by atomic mass is 9.95. The molecule has 0 aliphatic carbocycles. The molecule has 0 aromatic heterocycles. The number of halogens is 2. The largest absolute Gasteiger partial charge is 0.356 e. The van der Waals surface area contributed by atoms with Gasteiger partial charge in [0, 0.05) is 12.5 Å². The van der Waals surface area contributed by atoms with E-state index in [4.69, 9.17) is 23.2 Å². The third-order valence-corrected chi connectivity index (χ3v) is 5.69. The molecule has 1 fully saturated rings. The number of nitrogens with zero attached hydrogens (tertiary/aromatic N) is 1. The summed E-state index contributed by atoms with van der Waals surface area (Å²) in [4.78, 5) is 26.8. The topological polar surface area (TPSA) is 61.4 Å². The van der Waals surface area contributed by atoms with Crippen molar-refractivity contribution in [3.05, 3.63) is 28.2 Å². The minimum Gasteiger partial charge on any atom is -0.356 e. The number of carbonyl (C=O) groups excluding carboxylic acids is 2. The standard InChI is InChI=1S/C19H27Cl2N3O2/c1-3-4-10-22-19(26)14-8-11-24(12-9-14)13(2)18(25)23-16-7-5-6-15(20)17(16)21/h5-7,13-14H,3-4,8-12H2,1-2H3,(H,22,26)(H,23,25). The first-order chi connectivity index (χ1) is 12.4. The van der Waals surface area contributed by atoms with Crippen LogP contribution in [0.2, 0.25) is 10.0 Å². The van der Waals surface area contributed by atoms with Gasteiger partial charge in [0.2, 0.25) is 11.8 Å². The molecule has 26 heavy (non-hydrogen) atoms. The highest BCUT2D eigenvalue weighted by molar-refractivity contribution is 6.44. The molecular formula is C19H27Cl2N3O2. The number of benzene rings is 1. The van der Waals surface area contributed by atoms with E-state index in [1.54, 1.807) is 18.2 Å². The Bertz CT molecular complexity index is 631. The Hall–Kier alpha value is -1.30. The molecule has 1 aromatic rings. The molecule has 2 rings (SSSR count). The molecule has 0 radical (unpaired) electrons. The molecule has 1 saturated heterocycles. The number of unbranched alkanes of at least 4 members (excludes halogenated alkanes) is 1. The Morgan fingerprint density at radius 2 is 1.96 bits per heavy atom. The lowest BCUT2D eigenvalue weighted by molar-refractivity contribution is -0.127. The van der Waals surface area contributed by atoms with E-state index in [1.807, 2.05) is 6.92 Å². The van der Waals surface area contributed by atoms with Crippen LogP contribution in [0.15, 0.2) is 18.2 Å². The fourth-order valence-electron chi connectivity index (χ4n) is 3.08. The second-order valence-corrected chi connectivity index (χ2v) is 7.51. The van der Waals surface area contributed by atoms with Crippen molar-refractivity contribution in [3.63, 3.8) is 0 Å². The van der Waals surface area contributed by atoms with Crippen LogP contribution in [0.1, 0.15) is 39.5 Å². The van der Waals surface area contributed by atoms with Gasteiger partial charge in [0.05, 0.1) is 21.8 Å². The molecule has 1 heterocycles. The van der Waals surface area contributed by atoms with Crippen LogP contribution in [0.25, 0.3) is 0 Å². The summed E-state index contributed by atoms with van der Waals surface area (Å²) < 4.78 is 0. The van der Waals surface area contributed by atoms with Crippen LogP contribution in [0.5, 0.6) is 0 Å². The zero-order valence-electron chi connectivity index (χ0n) is 15.4. The minimum atomic E-state index is -0.297. The molecule has 1 atom stereocenters. The van der Waals surface area contributed by atoms with Gasteiger partial charge in [-0.15, -0.1) is 0 Å². The predicted octanol–water partition coefficient (Wildman–Crippen LogP) is 3.95. The monoisotopic (exact) mass is 399 g/mol. The van der Waals surface area contributed by atoms with Crippen LogP contribution in [-0.4, -0.2) is 42.4 Å². The fourth-order valence-corrected chi connectivity index (χ4v) is 3.43. The number of hydrogen-bond donors (Lipinski definition) is 2. The van der Waals surface area contributed by atoms with E-state index in [0.29, 0.717) is 15.7 Å². The highest BCUT2D eigenvalue weighted by Crippen LogP contribution is 2.30. The Morgan fingerprint density at radius 3 is 2.62 bits per heavy atom. The van der Waals surface area contributed by atoms with E-state index in [-0.39, 0.29) is 23.8 Å². The zero-order chi connectivity index (χ0) is 19.1. The maximum atomic E-state index is 12.5. The van der Waals surface area contributed by atoms with E-state index < -0.39 is 0 Å². The first-order valence-electron chi connectivity index (χ1n) is 9.20. The highest BCUT2D eigenvalue weighted by atomic mass is 35.5. The predicted molar refractivity (Wildman–Crippen MR) is 107 cm³/mol. The molecule has 1 aliphatic rings. The molecule has 7 heteroatoms. The van der Waals surface area contributed by atoms with Gasteiger partial charge in [-0.2, -0.15) is 0 Å². The third kappa shape index (κ3) is 5.60. The van der Waals surface area contributed by atoms with Crippen molar-refractivity contribution < 1.29 is 9.59 Å². The van der Waals surface area contributed by atoms with Gasteiger partial charge in [-0.3, -0.25) is 14.5 Å². The lowest BCUT2D eigenvalue weighted by Gasteiger charge is -2.34. The molecule has 0 saturated carbocycles. The van der Waals surface area contributed by atoms with Gasteiger partial charge in [-0.1, -0.05) is 42.6 Å². The maximum Gasteiger partial charge on any atom is 0.241 e. The molecule has 1 aliphatic heterocycles. The normalized spacial score (nSPS) is 16.9. The second-order valence-electron chi connectivity index (χ2n) is 6.72. The number of anilines is 1. The van der Waals surface area contributed by atoms with E-state index in [9.17, 15) is 9.59 Å². The summed E-state index contributed by atoms with van der Waals surface area (Å²) in [6, 6.07) is 4.86. The number of hydrogen-bond acceptors (Lipinski definition) is 3. The summed E-state index contributed by atoms with van der Waals surface area (Å²) in [6.07, 6.45) is 3.62. The van der Waals surface area contributed by atoms with E-state index in [0.717, 1.165) is 45.3 Å². The summed E-state index contributed by atoms with van der Waals surface area (Å²) in [5, 5.41) is 6.59. The Balaban J connectivity index is 1.83. The van der Waals surface area contributed by atoms with Crippen LogP contribution in [0.4, 0.5) is 5.69 Å². The number of carbonyl (C=O) groups is 2. The number of nitrogens with one attached hydrogen (secondary N) is 2. The molecule has 2 N–H and O–H groups in total. The maximum absolute atomic E-state index is 12.5. The van der Waals surface area contributed by atoms with E-state index >= 15 is 0 Å². The van der Waals surface area contributed by atoms with Crippen molar-refractivity contribution in [2.45, 2.75) is 45.6 Å². The van der Waals surface area contributed by atoms with Crippen molar-refractivity contribution in [2.75, 3.05) is 25.0 Å². The van der Waals surface area contributed by atoms with Gasteiger partial charge in [-0.25, -0.2) is 0 Å². The lowest BCUT2D eigenvalue weighted by Crippen LogP contribution is -2.48. The van der Waals surface area contributed by atoms with Crippen LogP contribution in [0, 0.1) is 5.92 Å². The molecule has 0 bridgehead atoms. The molecular weight excluding hydrogens is 373 g/mol. The fraction of sp³-hybridized carbons (Fsp3) is 0.579. The van der Waals surface area contributed by atoms with Crippen LogP contribution >= 0.6 is 23.2 Å². The quantitative estimate of drug-likeness (QED) is 0.682. The van der Waals surface area contributed by atoms with Crippen molar-refractivity contribution in [1.82, 2.24) is 10.2 Å². The van der Waals surface area contributed by atoms with Crippen LogP contribution in [0.3, 0.4) is 0 Å². The Kier molecular flexibility index (Phi) is 8.19. The number of amides is 2. The van der Waals surface area contributed by atoms with Gasteiger partial charge in [0.25, 0.3) is 0 Å². The van der Waals surface area contributed by atoms with E-state index in [2.05, 4.69) is 22.5 Å². The second kappa shape index (κ2) is 10.1. The van der Waals surface area contributed by atoms with Crippen molar-refractivity contribution >= 4 is 40.7 Å². The first kappa shape index (κ1) is 21.0. The van der Waals surface area contributed by atoms with Crippen molar-refractivity contribution in [3.8, 4) is 0 Å². The molecule has 144 valence electrons. The summed E-state index contributed by atoms with van der Waals surface area (Å²) in [5.74, 6) is 0.0571. The smallest absolute Gasteiger partial charge is 0.241 e. The van der Waals surface area contributed by atoms with Gasteiger partial charge >= 0.3 is 0 Å². The molecule has 5 nitrogen and oxygen atoms in total. The molecule has 1 unspecified atom stereocenters. The molecule has 0 spiro atoms. The minimum absolute atomic E-state index is 0.0424. The van der Waals surface area contributed by atoms with Crippen molar-refractivity contribution in [1.29, 1.82) is 0 Å². The molecule has 2 amide bonds. The SMILES string of the molecule is CCCCNC(=O)C1CCN(C(C)C(=O)Nc2cccc(Cl)c2Cl)CC1. The van der Waals surface area contributed by atoms with Gasteiger partial charge in [0.15, 0.2) is 0 Å². The zero-order valence-corrected chi connectivity index (χ0v) is 16.9. The number of likely N-dealkylation sites (tertiary alicyclic amines) is 1. The van der Waals surface area contributed by atoms with Crippen LogP contribution < -0.4 is 10.6 Å². The summed E-state index contributed by atoms with van der Waals surface area (Å²) >= 11 is 12.1. The van der Waals surface area contributed by atoms with E-state index in [1.165, 1.54) is 0 Å². The van der Waals surface area contributed by atoms with Gasteiger partial charge in [-0.05, 0) is 51.4 Å². The van der Waals surface area contributed by atoms with Crippen LogP contribution in [-0.2, 0) is 9.59 Å². The van der Waals surface area contributed by atoms with Crippen molar-refractivity contribution in [2.24, 2.45) is 5.92 Å². The van der Waals surface area contributed by atoms with Gasteiger partial charge < -0.3 is 10.6 Å². The third-order valence-electron chi connectivity index (χ3n) is 4.87.